The lowest BCUT2D eigenvalue weighted by Gasteiger charge is -2.29. The maximum Gasteiger partial charge on any atom is 0.0336 e. The zero-order chi connectivity index (χ0) is 14.7. The number of hydrogen-bond acceptors (Lipinski definition) is 2. The number of fused-ring (bicyclic) bond motifs is 1. The fraction of sp³-hybridized carbons (Fsp3) is 0.474. The lowest BCUT2D eigenvalue weighted by atomic mass is 9.78. The van der Waals surface area contributed by atoms with Crippen LogP contribution in [0.3, 0.4) is 0 Å². The van der Waals surface area contributed by atoms with Crippen LogP contribution in [0.4, 0.5) is 0 Å². The van der Waals surface area contributed by atoms with E-state index in [2.05, 4.69) is 54.2 Å². The van der Waals surface area contributed by atoms with Gasteiger partial charge in [0.2, 0.25) is 0 Å². The first kappa shape index (κ1) is 14.8. The molecule has 0 aliphatic heterocycles. The van der Waals surface area contributed by atoms with E-state index in [4.69, 9.17) is 0 Å². The molecule has 1 heterocycles. The Morgan fingerprint density at radius 2 is 2.14 bits per heavy atom. The summed E-state index contributed by atoms with van der Waals surface area (Å²) in [5.41, 5.74) is 6.12. The first-order chi connectivity index (χ1) is 10.3. The third-order valence-electron chi connectivity index (χ3n) is 4.73. The van der Waals surface area contributed by atoms with E-state index in [0.717, 1.165) is 6.54 Å². The van der Waals surface area contributed by atoms with Crippen molar-refractivity contribution in [2.45, 2.75) is 51.5 Å². The molecule has 1 aromatic carbocycles. The number of thiophene rings is 1. The Bertz CT molecular complexity index is 587. The lowest BCUT2D eigenvalue weighted by Crippen LogP contribution is -2.24. The van der Waals surface area contributed by atoms with Crippen LogP contribution in [-0.4, -0.2) is 6.54 Å². The molecule has 1 aromatic heterocycles. The second kappa shape index (κ2) is 6.76. The minimum atomic E-state index is 0.498. The third-order valence-corrected chi connectivity index (χ3v) is 5.61. The molecule has 2 aromatic rings. The summed E-state index contributed by atoms with van der Waals surface area (Å²) < 4.78 is 0. The molecular weight excluding hydrogens is 274 g/mol. The Kier molecular flexibility index (Phi) is 4.77. The normalized spacial score (nSPS) is 19.2. The monoisotopic (exact) mass is 299 g/mol. The summed E-state index contributed by atoms with van der Waals surface area (Å²) in [5, 5.41) is 8.31. The van der Waals surface area contributed by atoms with Crippen molar-refractivity contribution in [3.63, 3.8) is 0 Å². The average molecular weight is 299 g/mol. The van der Waals surface area contributed by atoms with Gasteiger partial charge in [0, 0.05) is 6.04 Å². The average Bonchev–Trinajstić information content (AvgIpc) is 2.93. The molecule has 2 heteroatoms. The second-order valence-corrected chi connectivity index (χ2v) is 6.89. The predicted octanol–water partition coefficient (Wildman–Crippen LogP) is 5.22. The van der Waals surface area contributed by atoms with E-state index >= 15 is 0 Å². The molecule has 3 rings (SSSR count). The Balaban J connectivity index is 1.83. The van der Waals surface area contributed by atoms with Crippen LogP contribution in [0.2, 0.25) is 0 Å². The van der Waals surface area contributed by atoms with Gasteiger partial charge in [-0.2, -0.15) is 11.3 Å². The fourth-order valence-corrected chi connectivity index (χ4v) is 4.58. The number of aryl methyl sites for hydroxylation is 2. The molecule has 2 unspecified atom stereocenters. The van der Waals surface area contributed by atoms with Gasteiger partial charge in [-0.3, -0.25) is 0 Å². The van der Waals surface area contributed by atoms with E-state index in [1.165, 1.54) is 36.8 Å². The summed E-state index contributed by atoms with van der Waals surface area (Å²) in [5.74, 6) is 0.707. The predicted molar refractivity (Wildman–Crippen MR) is 92.2 cm³/mol. The minimum absolute atomic E-state index is 0.498. The van der Waals surface area contributed by atoms with Gasteiger partial charge >= 0.3 is 0 Å². The van der Waals surface area contributed by atoms with Crippen LogP contribution in [0.1, 0.15) is 60.4 Å². The molecular formula is C19H25NS. The summed E-state index contributed by atoms with van der Waals surface area (Å²) in [7, 11) is 0. The van der Waals surface area contributed by atoms with Gasteiger partial charge in [0.25, 0.3) is 0 Å². The van der Waals surface area contributed by atoms with E-state index in [1.54, 1.807) is 11.1 Å². The molecule has 0 radical (unpaired) electrons. The molecule has 0 bridgehead atoms. The van der Waals surface area contributed by atoms with Crippen molar-refractivity contribution < 1.29 is 0 Å². The van der Waals surface area contributed by atoms with Gasteiger partial charge in [0.15, 0.2) is 0 Å². The summed E-state index contributed by atoms with van der Waals surface area (Å²) in [6, 6.07) is 9.56. The highest BCUT2D eigenvalue weighted by atomic mass is 32.1. The van der Waals surface area contributed by atoms with Gasteiger partial charge in [-0.25, -0.2) is 0 Å². The highest BCUT2D eigenvalue weighted by molar-refractivity contribution is 7.08. The Labute approximate surface area is 132 Å². The van der Waals surface area contributed by atoms with Crippen molar-refractivity contribution in [3.8, 4) is 0 Å². The van der Waals surface area contributed by atoms with E-state index in [1.807, 2.05) is 11.3 Å². The van der Waals surface area contributed by atoms with E-state index in [0.29, 0.717) is 12.0 Å². The van der Waals surface area contributed by atoms with Crippen LogP contribution in [-0.2, 0) is 6.42 Å². The van der Waals surface area contributed by atoms with Crippen LogP contribution in [0, 0.1) is 6.92 Å². The first-order valence-electron chi connectivity index (χ1n) is 8.13. The van der Waals surface area contributed by atoms with Gasteiger partial charge in [-0.15, -0.1) is 0 Å². The molecule has 1 aliphatic carbocycles. The molecule has 0 amide bonds. The fourth-order valence-electron chi connectivity index (χ4n) is 3.68. The van der Waals surface area contributed by atoms with E-state index in [9.17, 15) is 0 Å². The molecule has 0 saturated heterocycles. The molecule has 2 atom stereocenters. The van der Waals surface area contributed by atoms with Crippen molar-refractivity contribution in [3.05, 3.63) is 57.3 Å². The summed E-state index contributed by atoms with van der Waals surface area (Å²) in [4.78, 5) is 0. The second-order valence-electron chi connectivity index (χ2n) is 6.14. The van der Waals surface area contributed by atoms with Gasteiger partial charge < -0.3 is 5.32 Å². The Morgan fingerprint density at radius 1 is 1.29 bits per heavy atom. The largest absolute Gasteiger partial charge is 0.310 e. The SMILES string of the molecule is CCNC(CC1CCCc2ccccc21)c1cscc1C. The topological polar surface area (TPSA) is 12.0 Å². The van der Waals surface area contributed by atoms with E-state index < -0.39 is 0 Å². The summed E-state index contributed by atoms with van der Waals surface area (Å²) in [6.07, 6.45) is 5.16. The molecule has 0 fully saturated rings. The smallest absolute Gasteiger partial charge is 0.0336 e. The van der Waals surface area contributed by atoms with Crippen molar-refractivity contribution in [2.75, 3.05) is 6.54 Å². The van der Waals surface area contributed by atoms with E-state index in [-0.39, 0.29) is 0 Å². The van der Waals surface area contributed by atoms with Gasteiger partial charge in [-0.1, -0.05) is 31.2 Å². The number of benzene rings is 1. The Hall–Kier alpha value is -1.12. The van der Waals surface area contributed by atoms with Gasteiger partial charge in [-0.05, 0) is 78.1 Å². The molecule has 1 nitrogen and oxygen atoms in total. The van der Waals surface area contributed by atoms with Crippen LogP contribution < -0.4 is 5.32 Å². The zero-order valence-electron chi connectivity index (χ0n) is 13.1. The van der Waals surface area contributed by atoms with Crippen LogP contribution in [0.25, 0.3) is 0 Å². The molecule has 1 aliphatic rings. The maximum absolute atomic E-state index is 3.71. The standard InChI is InChI=1S/C19H25NS/c1-3-20-19(18-13-21-12-14(18)2)11-16-9-6-8-15-7-4-5-10-17(15)16/h4-5,7,10,12-13,16,19-20H,3,6,8-9,11H2,1-2H3. The summed E-state index contributed by atoms with van der Waals surface area (Å²) in [6.45, 7) is 5.49. The van der Waals surface area contributed by atoms with Crippen molar-refractivity contribution in [2.24, 2.45) is 0 Å². The highest BCUT2D eigenvalue weighted by Crippen LogP contribution is 2.38. The maximum atomic E-state index is 3.71. The molecule has 112 valence electrons. The quantitative estimate of drug-likeness (QED) is 0.798. The molecule has 21 heavy (non-hydrogen) atoms. The summed E-state index contributed by atoms with van der Waals surface area (Å²) >= 11 is 1.83. The number of hydrogen-bond donors (Lipinski definition) is 1. The number of nitrogens with one attached hydrogen (secondary N) is 1. The highest BCUT2D eigenvalue weighted by Gasteiger charge is 2.24. The minimum Gasteiger partial charge on any atom is -0.310 e. The number of rotatable bonds is 5. The third kappa shape index (κ3) is 3.22. The van der Waals surface area contributed by atoms with Crippen LogP contribution >= 0.6 is 11.3 Å². The van der Waals surface area contributed by atoms with Crippen molar-refractivity contribution in [1.29, 1.82) is 0 Å². The lowest BCUT2D eigenvalue weighted by molar-refractivity contribution is 0.426. The molecule has 0 spiro atoms. The zero-order valence-corrected chi connectivity index (χ0v) is 13.9. The van der Waals surface area contributed by atoms with Crippen LogP contribution in [0.5, 0.6) is 0 Å². The first-order valence-corrected chi connectivity index (χ1v) is 9.07. The molecule has 1 N–H and O–H groups in total. The van der Waals surface area contributed by atoms with Crippen molar-refractivity contribution >= 4 is 11.3 Å². The molecule has 0 saturated carbocycles. The van der Waals surface area contributed by atoms with Crippen LogP contribution in [0.15, 0.2) is 35.0 Å². The van der Waals surface area contributed by atoms with Gasteiger partial charge in [0.05, 0.1) is 0 Å². The Morgan fingerprint density at radius 3 is 2.90 bits per heavy atom. The van der Waals surface area contributed by atoms with Gasteiger partial charge in [0.1, 0.15) is 0 Å². The van der Waals surface area contributed by atoms with Crippen molar-refractivity contribution in [1.82, 2.24) is 5.32 Å².